The lowest BCUT2D eigenvalue weighted by Crippen LogP contribution is -2.30. The number of fused-ring (bicyclic) bond motifs is 1. The maximum Gasteiger partial charge on any atom is 0.192 e. The molecule has 1 aromatic carbocycles. The van der Waals surface area contributed by atoms with Gasteiger partial charge in [-0.15, -0.1) is 0 Å². The number of aryl methyl sites for hydroxylation is 1. The molecule has 0 fully saturated rings. The monoisotopic (exact) mass is 247 g/mol. The Hall–Kier alpha value is -1.39. The second-order valence-electron chi connectivity index (χ2n) is 5.08. The number of nitrogens with two attached hydrogens (primary N) is 1. The average molecular weight is 247 g/mol. The standard InChI is InChI=1S/C14H21N3O/c1-9(8-15)14(17(3)4)11-5-6-13-12(7-11)16-10(2)18-13/h5-7,9,14H,8,15H2,1-4H3. The lowest BCUT2D eigenvalue weighted by molar-refractivity contribution is 0.227. The van der Waals surface area contributed by atoms with Gasteiger partial charge in [0.15, 0.2) is 11.5 Å². The topological polar surface area (TPSA) is 55.3 Å². The highest BCUT2D eigenvalue weighted by atomic mass is 16.3. The maximum absolute atomic E-state index is 5.80. The van der Waals surface area contributed by atoms with Crippen LogP contribution in [0, 0.1) is 12.8 Å². The summed E-state index contributed by atoms with van der Waals surface area (Å²) in [6.07, 6.45) is 0. The molecule has 0 aliphatic carbocycles. The molecule has 2 atom stereocenters. The van der Waals surface area contributed by atoms with Crippen molar-refractivity contribution in [3.63, 3.8) is 0 Å². The predicted molar refractivity (Wildman–Crippen MR) is 73.4 cm³/mol. The van der Waals surface area contributed by atoms with Crippen LogP contribution in [0.1, 0.15) is 24.4 Å². The van der Waals surface area contributed by atoms with Crippen LogP contribution in [0.3, 0.4) is 0 Å². The Kier molecular flexibility index (Phi) is 3.68. The highest BCUT2D eigenvalue weighted by molar-refractivity contribution is 5.73. The Morgan fingerprint density at radius 3 is 2.72 bits per heavy atom. The van der Waals surface area contributed by atoms with Gasteiger partial charge < -0.3 is 15.1 Å². The molecule has 0 aliphatic heterocycles. The third kappa shape index (κ3) is 2.40. The molecule has 0 saturated carbocycles. The summed E-state index contributed by atoms with van der Waals surface area (Å²) in [6, 6.07) is 6.49. The van der Waals surface area contributed by atoms with Crippen molar-refractivity contribution in [2.24, 2.45) is 11.7 Å². The zero-order chi connectivity index (χ0) is 13.3. The molecule has 4 heteroatoms. The van der Waals surface area contributed by atoms with Crippen LogP contribution in [0.5, 0.6) is 0 Å². The van der Waals surface area contributed by atoms with Crippen LogP contribution in [0.4, 0.5) is 0 Å². The Labute approximate surface area is 108 Å². The van der Waals surface area contributed by atoms with Crippen LogP contribution in [-0.2, 0) is 0 Å². The van der Waals surface area contributed by atoms with Crippen LogP contribution in [0.25, 0.3) is 11.1 Å². The fraction of sp³-hybridized carbons (Fsp3) is 0.500. The molecule has 1 aromatic heterocycles. The van der Waals surface area contributed by atoms with Crippen LogP contribution in [0.2, 0.25) is 0 Å². The van der Waals surface area contributed by atoms with Gasteiger partial charge in [-0.25, -0.2) is 4.98 Å². The normalized spacial score (nSPS) is 15.2. The van der Waals surface area contributed by atoms with Crippen LogP contribution in [0.15, 0.2) is 22.6 Å². The lowest BCUT2D eigenvalue weighted by atomic mass is 9.93. The minimum Gasteiger partial charge on any atom is -0.441 e. The molecule has 98 valence electrons. The summed E-state index contributed by atoms with van der Waals surface area (Å²) in [7, 11) is 4.16. The number of oxazole rings is 1. The summed E-state index contributed by atoms with van der Waals surface area (Å²) in [4.78, 5) is 6.58. The van der Waals surface area contributed by atoms with Crippen LogP contribution in [-0.4, -0.2) is 30.5 Å². The molecule has 0 spiro atoms. The van der Waals surface area contributed by atoms with Crippen molar-refractivity contribution >= 4 is 11.1 Å². The summed E-state index contributed by atoms with van der Waals surface area (Å²) in [5.74, 6) is 1.10. The Morgan fingerprint density at radius 1 is 1.39 bits per heavy atom. The van der Waals surface area contributed by atoms with Gasteiger partial charge in [-0.3, -0.25) is 0 Å². The van der Waals surface area contributed by atoms with Gasteiger partial charge in [-0.1, -0.05) is 13.0 Å². The van der Waals surface area contributed by atoms with E-state index in [1.807, 2.05) is 13.0 Å². The number of nitrogens with zero attached hydrogens (tertiary/aromatic N) is 2. The van der Waals surface area contributed by atoms with E-state index in [0.29, 0.717) is 24.4 Å². The van der Waals surface area contributed by atoms with E-state index in [9.17, 15) is 0 Å². The first-order valence-corrected chi connectivity index (χ1v) is 6.26. The SMILES string of the molecule is Cc1nc2cc(C(C(C)CN)N(C)C)ccc2o1. The molecule has 0 saturated heterocycles. The van der Waals surface area contributed by atoms with Gasteiger partial charge in [0, 0.05) is 13.0 Å². The molecule has 0 amide bonds. The molecule has 0 aliphatic rings. The molecular formula is C14H21N3O. The zero-order valence-corrected chi connectivity index (χ0v) is 11.5. The first-order chi connectivity index (χ1) is 8.52. The Balaban J connectivity index is 2.43. The number of hydrogen-bond donors (Lipinski definition) is 1. The van der Waals surface area contributed by atoms with E-state index in [0.717, 1.165) is 11.1 Å². The highest BCUT2D eigenvalue weighted by Crippen LogP contribution is 2.28. The van der Waals surface area contributed by atoms with Gasteiger partial charge >= 0.3 is 0 Å². The first kappa shape index (κ1) is 13.1. The fourth-order valence-electron chi connectivity index (χ4n) is 2.51. The number of benzene rings is 1. The van der Waals surface area contributed by atoms with E-state index in [2.05, 4.69) is 43.0 Å². The van der Waals surface area contributed by atoms with E-state index in [-0.39, 0.29) is 0 Å². The van der Waals surface area contributed by atoms with Gasteiger partial charge in [0.1, 0.15) is 5.52 Å². The third-order valence-electron chi connectivity index (χ3n) is 3.33. The smallest absolute Gasteiger partial charge is 0.192 e. The highest BCUT2D eigenvalue weighted by Gasteiger charge is 2.21. The van der Waals surface area contributed by atoms with E-state index >= 15 is 0 Å². The molecule has 0 bridgehead atoms. The van der Waals surface area contributed by atoms with Crippen molar-refractivity contribution in [2.45, 2.75) is 19.9 Å². The minimum absolute atomic E-state index is 0.302. The molecule has 1 heterocycles. The summed E-state index contributed by atoms with van der Waals surface area (Å²) < 4.78 is 5.50. The summed E-state index contributed by atoms with van der Waals surface area (Å²) >= 11 is 0. The van der Waals surface area contributed by atoms with Gasteiger partial charge in [0.25, 0.3) is 0 Å². The molecule has 2 aromatic rings. The van der Waals surface area contributed by atoms with Crippen molar-refractivity contribution in [1.82, 2.24) is 9.88 Å². The molecule has 2 N–H and O–H groups in total. The van der Waals surface area contributed by atoms with Crippen molar-refractivity contribution in [3.05, 3.63) is 29.7 Å². The fourth-order valence-corrected chi connectivity index (χ4v) is 2.51. The molecule has 2 unspecified atom stereocenters. The second-order valence-corrected chi connectivity index (χ2v) is 5.08. The largest absolute Gasteiger partial charge is 0.441 e. The minimum atomic E-state index is 0.302. The van der Waals surface area contributed by atoms with Crippen LogP contribution >= 0.6 is 0 Å². The number of rotatable bonds is 4. The molecule has 0 radical (unpaired) electrons. The second kappa shape index (κ2) is 5.08. The maximum atomic E-state index is 5.80. The van der Waals surface area contributed by atoms with Crippen LogP contribution < -0.4 is 5.73 Å². The molecule has 2 rings (SSSR count). The first-order valence-electron chi connectivity index (χ1n) is 6.26. The van der Waals surface area contributed by atoms with Gasteiger partial charge in [0.2, 0.25) is 0 Å². The summed E-state index contributed by atoms with van der Waals surface area (Å²) in [6.45, 7) is 4.70. The van der Waals surface area contributed by atoms with Crippen molar-refractivity contribution in [1.29, 1.82) is 0 Å². The summed E-state index contributed by atoms with van der Waals surface area (Å²) in [5.41, 5.74) is 8.80. The zero-order valence-electron chi connectivity index (χ0n) is 11.5. The van der Waals surface area contributed by atoms with Crippen molar-refractivity contribution in [2.75, 3.05) is 20.6 Å². The Bertz CT molecular complexity index is 533. The van der Waals surface area contributed by atoms with E-state index in [1.165, 1.54) is 5.56 Å². The quantitative estimate of drug-likeness (QED) is 0.901. The lowest BCUT2D eigenvalue weighted by Gasteiger charge is -2.29. The molecular weight excluding hydrogens is 226 g/mol. The van der Waals surface area contributed by atoms with Gasteiger partial charge in [-0.2, -0.15) is 0 Å². The van der Waals surface area contributed by atoms with Gasteiger partial charge in [-0.05, 0) is 44.3 Å². The van der Waals surface area contributed by atoms with Gasteiger partial charge in [0.05, 0.1) is 0 Å². The number of aromatic nitrogens is 1. The predicted octanol–water partition coefficient (Wildman–Crippen LogP) is 2.33. The average Bonchev–Trinajstić information content (AvgIpc) is 2.68. The van der Waals surface area contributed by atoms with E-state index < -0.39 is 0 Å². The van der Waals surface area contributed by atoms with Crippen molar-refractivity contribution < 1.29 is 4.42 Å². The molecule has 18 heavy (non-hydrogen) atoms. The Morgan fingerprint density at radius 2 is 2.11 bits per heavy atom. The van der Waals surface area contributed by atoms with Crippen molar-refractivity contribution in [3.8, 4) is 0 Å². The van der Waals surface area contributed by atoms with E-state index in [4.69, 9.17) is 10.2 Å². The number of hydrogen-bond acceptors (Lipinski definition) is 4. The molecule has 4 nitrogen and oxygen atoms in total. The summed E-state index contributed by atoms with van der Waals surface area (Å²) in [5, 5.41) is 0. The van der Waals surface area contributed by atoms with E-state index in [1.54, 1.807) is 0 Å². The third-order valence-corrected chi connectivity index (χ3v) is 3.33.